The van der Waals surface area contributed by atoms with Crippen molar-refractivity contribution in [3.8, 4) is 10.6 Å². The lowest BCUT2D eigenvalue weighted by molar-refractivity contribution is 0.1000. The number of hydrogen-bond donors (Lipinski definition) is 2. The number of aliphatic hydroxyl groups is 1. The van der Waals surface area contributed by atoms with Gasteiger partial charge in [0.2, 0.25) is 0 Å². The molecule has 2 aromatic rings. The van der Waals surface area contributed by atoms with E-state index in [-0.39, 0.29) is 6.61 Å². The summed E-state index contributed by atoms with van der Waals surface area (Å²) in [5.41, 5.74) is 8.66. The Bertz CT molecular complexity index is 588. The second-order valence-electron chi connectivity index (χ2n) is 4.35. The van der Waals surface area contributed by atoms with Gasteiger partial charge in [0.25, 0.3) is 5.91 Å². The third-order valence-corrected chi connectivity index (χ3v) is 4.01. The van der Waals surface area contributed by atoms with Crippen LogP contribution in [0.2, 0.25) is 0 Å². The molecule has 2 aromatic heterocycles. The third-order valence-electron chi connectivity index (χ3n) is 3.22. The first-order valence-corrected chi connectivity index (χ1v) is 6.96. The van der Waals surface area contributed by atoms with Crippen molar-refractivity contribution >= 4 is 17.2 Å². The maximum Gasteiger partial charge on any atom is 0.251 e. The molecule has 0 saturated carbocycles. The van der Waals surface area contributed by atoms with Crippen molar-refractivity contribution in [1.82, 2.24) is 9.55 Å². The van der Waals surface area contributed by atoms with Gasteiger partial charge in [-0.2, -0.15) is 0 Å². The summed E-state index contributed by atoms with van der Waals surface area (Å²) in [5, 5.41) is 11.6. The minimum Gasteiger partial charge on any atom is -0.396 e. The SMILES string of the molecule is Cc1c(C(N)=O)c(-c2nccs2)c(C)n1CCCO. The van der Waals surface area contributed by atoms with Crippen LogP contribution in [0.3, 0.4) is 0 Å². The fourth-order valence-corrected chi connectivity index (χ4v) is 3.10. The largest absolute Gasteiger partial charge is 0.396 e. The first-order valence-electron chi connectivity index (χ1n) is 6.08. The van der Waals surface area contributed by atoms with E-state index >= 15 is 0 Å². The van der Waals surface area contributed by atoms with Gasteiger partial charge in [-0.3, -0.25) is 4.79 Å². The van der Waals surface area contributed by atoms with Crippen molar-refractivity contribution in [3.63, 3.8) is 0 Å². The summed E-state index contributed by atoms with van der Waals surface area (Å²) in [4.78, 5) is 16.0. The van der Waals surface area contributed by atoms with Crippen LogP contribution in [0.1, 0.15) is 28.2 Å². The summed E-state index contributed by atoms with van der Waals surface area (Å²) < 4.78 is 2.02. The number of carbonyl (C=O) groups excluding carboxylic acids is 1. The van der Waals surface area contributed by atoms with E-state index in [1.807, 2.05) is 23.8 Å². The van der Waals surface area contributed by atoms with Crippen LogP contribution in [0.4, 0.5) is 0 Å². The number of nitrogens with zero attached hydrogens (tertiary/aromatic N) is 2. The molecular formula is C13H17N3O2S. The molecule has 6 heteroatoms. The lowest BCUT2D eigenvalue weighted by atomic mass is 10.1. The summed E-state index contributed by atoms with van der Waals surface area (Å²) in [6.45, 7) is 4.62. The Hall–Kier alpha value is -1.66. The molecule has 0 aliphatic carbocycles. The van der Waals surface area contributed by atoms with Crippen LogP contribution in [-0.4, -0.2) is 27.2 Å². The molecule has 0 aliphatic heterocycles. The number of carbonyl (C=O) groups is 1. The second kappa shape index (κ2) is 5.54. The van der Waals surface area contributed by atoms with Crippen molar-refractivity contribution in [3.05, 3.63) is 28.5 Å². The lowest BCUT2D eigenvalue weighted by Crippen LogP contribution is -2.13. The number of hydrogen-bond acceptors (Lipinski definition) is 4. The number of rotatable bonds is 5. The minimum atomic E-state index is -0.437. The summed E-state index contributed by atoms with van der Waals surface area (Å²) in [6.07, 6.45) is 2.36. The van der Waals surface area contributed by atoms with Crippen molar-refractivity contribution in [1.29, 1.82) is 0 Å². The Labute approximate surface area is 115 Å². The smallest absolute Gasteiger partial charge is 0.251 e. The van der Waals surface area contributed by atoms with Gasteiger partial charge in [0.05, 0.1) is 5.56 Å². The normalized spacial score (nSPS) is 10.9. The zero-order valence-corrected chi connectivity index (χ0v) is 11.8. The number of thiazole rings is 1. The van der Waals surface area contributed by atoms with Crippen LogP contribution < -0.4 is 5.73 Å². The van der Waals surface area contributed by atoms with E-state index in [0.29, 0.717) is 18.5 Å². The number of nitrogens with two attached hydrogens (primary N) is 1. The fourth-order valence-electron chi connectivity index (χ4n) is 2.36. The summed E-state index contributed by atoms with van der Waals surface area (Å²) in [5.74, 6) is -0.437. The number of primary amides is 1. The average molecular weight is 279 g/mol. The molecule has 0 saturated heterocycles. The van der Waals surface area contributed by atoms with Gasteiger partial charge in [-0.1, -0.05) is 0 Å². The molecule has 3 N–H and O–H groups in total. The maximum absolute atomic E-state index is 11.7. The van der Waals surface area contributed by atoms with Gasteiger partial charge in [0.1, 0.15) is 5.01 Å². The predicted molar refractivity (Wildman–Crippen MR) is 75.2 cm³/mol. The third kappa shape index (κ3) is 2.41. The molecule has 5 nitrogen and oxygen atoms in total. The molecule has 0 fully saturated rings. The molecule has 0 aromatic carbocycles. The van der Waals surface area contributed by atoms with Gasteiger partial charge in [-0.05, 0) is 20.3 Å². The molecular weight excluding hydrogens is 262 g/mol. The van der Waals surface area contributed by atoms with Crippen LogP contribution in [0, 0.1) is 13.8 Å². The number of amides is 1. The lowest BCUT2D eigenvalue weighted by Gasteiger charge is -2.08. The first kappa shape index (κ1) is 13.8. The Balaban J connectivity index is 2.61. The van der Waals surface area contributed by atoms with Gasteiger partial charge < -0.3 is 15.4 Å². The molecule has 0 spiro atoms. The van der Waals surface area contributed by atoms with Crippen molar-refractivity contribution in [2.24, 2.45) is 5.73 Å². The van der Waals surface area contributed by atoms with E-state index in [1.165, 1.54) is 11.3 Å². The topological polar surface area (TPSA) is 81.1 Å². The Morgan fingerprint density at radius 3 is 2.74 bits per heavy atom. The Kier molecular flexibility index (Phi) is 4.01. The van der Waals surface area contributed by atoms with Gasteiger partial charge in [-0.15, -0.1) is 11.3 Å². The molecule has 2 rings (SSSR count). The quantitative estimate of drug-likeness (QED) is 0.874. The first-order chi connectivity index (χ1) is 9.07. The second-order valence-corrected chi connectivity index (χ2v) is 5.25. The van der Waals surface area contributed by atoms with Crippen molar-refractivity contribution in [2.75, 3.05) is 6.61 Å². The van der Waals surface area contributed by atoms with E-state index in [9.17, 15) is 4.79 Å². The number of aromatic nitrogens is 2. The zero-order chi connectivity index (χ0) is 14.0. The van der Waals surface area contributed by atoms with E-state index < -0.39 is 5.91 Å². The number of aliphatic hydroxyl groups excluding tert-OH is 1. The average Bonchev–Trinajstić information content (AvgIpc) is 2.95. The molecule has 19 heavy (non-hydrogen) atoms. The molecule has 102 valence electrons. The van der Waals surface area contributed by atoms with Crippen molar-refractivity contribution in [2.45, 2.75) is 26.8 Å². The van der Waals surface area contributed by atoms with E-state index in [0.717, 1.165) is 22.0 Å². The van der Waals surface area contributed by atoms with Crippen LogP contribution in [-0.2, 0) is 6.54 Å². The highest BCUT2D eigenvalue weighted by Crippen LogP contribution is 2.33. The van der Waals surface area contributed by atoms with Gasteiger partial charge in [0.15, 0.2) is 0 Å². The Morgan fingerprint density at radius 1 is 1.47 bits per heavy atom. The van der Waals surface area contributed by atoms with E-state index in [4.69, 9.17) is 10.8 Å². The summed E-state index contributed by atoms with van der Waals surface area (Å²) in [7, 11) is 0. The van der Waals surface area contributed by atoms with Crippen LogP contribution in [0.5, 0.6) is 0 Å². The summed E-state index contributed by atoms with van der Waals surface area (Å²) >= 11 is 1.49. The zero-order valence-electron chi connectivity index (χ0n) is 11.0. The van der Waals surface area contributed by atoms with E-state index in [1.54, 1.807) is 6.20 Å². The maximum atomic E-state index is 11.7. The van der Waals surface area contributed by atoms with Crippen LogP contribution in [0.15, 0.2) is 11.6 Å². The standard InChI is InChI=1S/C13H17N3O2S/c1-8-10(12(14)18)11(13-15-4-7-19-13)9(2)16(8)5-3-6-17/h4,7,17H,3,5-6H2,1-2H3,(H2,14,18). The van der Waals surface area contributed by atoms with Gasteiger partial charge in [-0.25, -0.2) is 4.98 Å². The predicted octanol–water partition coefficient (Wildman–Crippen LogP) is 1.71. The van der Waals surface area contributed by atoms with Gasteiger partial charge >= 0.3 is 0 Å². The van der Waals surface area contributed by atoms with Crippen molar-refractivity contribution < 1.29 is 9.90 Å². The summed E-state index contributed by atoms with van der Waals surface area (Å²) in [6, 6.07) is 0. The molecule has 0 unspecified atom stereocenters. The van der Waals surface area contributed by atoms with Crippen LogP contribution in [0.25, 0.3) is 10.6 Å². The molecule has 1 amide bonds. The molecule has 0 aliphatic rings. The molecule has 0 radical (unpaired) electrons. The van der Waals surface area contributed by atoms with Gasteiger partial charge in [0, 0.05) is 41.7 Å². The fraction of sp³-hybridized carbons (Fsp3) is 0.385. The highest BCUT2D eigenvalue weighted by molar-refractivity contribution is 7.13. The highest BCUT2D eigenvalue weighted by atomic mass is 32.1. The molecule has 2 heterocycles. The van der Waals surface area contributed by atoms with E-state index in [2.05, 4.69) is 4.98 Å². The monoisotopic (exact) mass is 279 g/mol. The highest BCUT2D eigenvalue weighted by Gasteiger charge is 2.23. The minimum absolute atomic E-state index is 0.121. The molecule has 0 atom stereocenters. The Morgan fingerprint density at radius 2 is 2.21 bits per heavy atom. The van der Waals surface area contributed by atoms with Crippen LogP contribution >= 0.6 is 11.3 Å². The molecule has 0 bridgehead atoms.